The Kier molecular flexibility index (Phi) is 5.22. The van der Waals surface area contributed by atoms with Crippen molar-refractivity contribution in [2.24, 2.45) is 0 Å². The van der Waals surface area contributed by atoms with Crippen LogP contribution in [0.1, 0.15) is 0 Å². The monoisotopic (exact) mass is 399 g/mol. The lowest BCUT2D eigenvalue weighted by atomic mass is 10.2. The maximum Gasteiger partial charge on any atom is 0.260 e. The summed E-state index contributed by atoms with van der Waals surface area (Å²) in [7, 11) is -3.47. The van der Waals surface area contributed by atoms with Gasteiger partial charge in [-0.25, -0.2) is 8.42 Å². The molecule has 3 rings (SSSR count). The molecule has 1 heterocycles. The van der Waals surface area contributed by atoms with Gasteiger partial charge in [0.2, 0.25) is 0 Å². The van der Waals surface area contributed by atoms with E-state index in [1.807, 2.05) is 0 Å². The number of amides is 1. The van der Waals surface area contributed by atoms with Gasteiger partial charge in [-0.2, -0.15) is 0 Å². The van der Waals surface area contributed by atoms with Gasteiger partial charge in [0.25, 0.3) is 5.91 Å². The van der Waals surface area contributed by atoms with Gasteiger partial charge in [-0.1, -0.05) is 23.2 Å². The van der Waals surface area contributed by atoms with Crippen LogP contribution in [0.2, 0.25) is 10.0 Å². The second kappa shape index (κ2) is 7.23. The summed E-state index contributed by atoms with van der Waals surface area (Å²) in [5, 5.41) is 0.452. The molecule has 1 amide bonds. The van der Waals surface area contributed by atoms with Gasteiger partial charge >= 0.3 is 0 Å². The van der Waals surface area contributed by atoms with Crippen molar-refractivity contribution in [2.75, 3.05) is 19.7 Å². The highest BCUT2D eigenvalue weighted by atomic mass is 35.5. The molecule has 1 aliphatic rings. The number of hydrogen-bond donors (Lipinski definition) is 0. The third kappa shape index (κ3) is 4.08. The zero-order valence-electron chi connectivity index (χ0n) is 13.1. The molecule has 1 saturated heterocycles. The first kappa shape index (κ1) is 18.0. The highest BCUT2D eigenvalue weighted by Gasteiger charge is 2.40. The quantitative estimate of drug-likeness (QED) is 0.774. The predicted molar refractivity (Wildman–Crippen MR) is 96.0 cm³/mol. The summed E-state index contributed by atoms with van der Waals surface area (Å²) < 4.78 is 30.3. The van der Waals surface area contributed by atoms with E-state index in [4.69, 9.17) is 27.9 Å². The van der Waals surface area contributed by atoms with Crippen molar-refractivity contribution in [3.8, 4) is 5.75 Å². The number of rotatable bonds is 5. The van der Waals surface area contributed by atoms with Gasteiger partial charge < -0.3 is 9.64 Å². The predicted octanol–water partition coefficient (Wildman–Crippen LogP) is 3.06. The molecule has 0 atom stereocenters. The molecule has 5 nitrogen and oxygen atoms in total. The van der Waals surface area contributed by atoms with Gasteiger partial charge in [0, 0.05) is 23.1 Å². The number of nitrogens with zero attached hydrogens (tertiary/aromatic N) is 1. The Morgan fingerprint density at radius 2 is 1.52 bits per heavy atom. The smallest absolute Gasteiger partial charge is 0.260 e. The maximum atomic E-state index is 12.5. The second-order valence-corrected chi connectivity index (χ2v) is 8.76. The number of likely N-dealkylation sites (tertiary alicyclic amines) is 1. The molecule has 0 unspecified atom stereocenters. The third-order valence-electron chi connectivity index (χ3n) is 3.96. The van der Waals surface area contributed by atoms with Crippen LogP contribution >= 0.6 is 23.2 Å². The molecule has 25 heavy (non-hydrogen) atoms. The molecule has 0 spiro atoms. The number of sulfone groups is 1. The minimum atomic E-state index is -3.47. The van der Waals surface area contributed by atoms with Gasteiger partial charge in [0.15, 0.2) is 16.4 Å². The molecule has 0 radical (unpaired) electrons. The van der Waals surface area contributed by atoms with Crippen molar-refractivity contribution in [3.63, 3.8) is 0 Å². The Morgan fingerprint density at radius 3 is 2.08 bits per heavy atom. The summed E-state index contributed by atoms with van der Waals surface area (Å²) in [6.07, 6.45) is 0. The molecule has 132 valence electrons. The minimum Gasteiger partial charge on any atom is -0.484 e. The summed E-state index contributed by atoms with van der Waals surface area (Å²) in [4.78, 5) is 13.8. The lowest BCUT2D eigenvalue weighted by Gasteiger charge is -2.38. The molecule has 8 heteroatoms. The summed E-state index contributed by atoms with van der Waals surface area (Å²) >= 11 is 11.6. The van der Waals surface area contributed by atoms with E-state index in [-0.39, 0.29) is 30.5 Å². The van der Waals surface area contributed by atoms with E-state index in [2.05, 4.69) is 0 Å². The van der Waals surface area contributed by atoms with E-state index in [0.29, 0.717) is 15.8 Å². The minimum absolute atomic E-state index is 0.144. The zero-order valence-corrected chi connectivity index (χ0v) is 15.4. The van der Waals surface area contributed by atoms with Crippen LogP contribution < -0.4 is 4.74 Å². The van der Waals surface area contributed by atoms with Crippen molar-refractivity contribution in [1.29, 1.82) is 0 Å². The topological polar surface area (TPSA) is 63.7 Å². The Hall–Kier alpha value is -1.76. The average Bonchev–Trinajstić information content (AvgIpc) is 2.53. The Morgan fingerprint density at radius 1 is 1.00 bits per heavy atom. The first-order chi connectivity index (χ1) is 11.9. The molecule has 0 bridgehead atoms. The van der Waals surface area contributed by atoms with Crippen LogP contribution in [0.3, 0.4) is 0 Å². The van der Waals surface area contributed by atoms with Gasteiger partial charge in [0.05, 0.1) is 4.90 Å². The number of hydrogen-bond acceptors (Lipinski definition) is 4. The van der Waals surface area contributed by atoms with Crippen molar-refractivity contribution < 1.29 is 17.9 Å². The first-order valence-corrected chi connectivity index (χ1v) is 9.82. The molecule has 0 saturated carbocycles. The summed E-state index contributed by atoms with van der Waals surface area (Å²) in [5.74, 6) is 0.279. The molecule has 0 aromatic heterocycles. The molecule has 1 fully saturated rings. The third-order valence-corrected chi connectivity index (χ3v) is 6.57. The number of benzene rings is 2. The van der Waals surface area contributed by atoms with Crippen LogP contribution in [0.15, 0.2) is 53.4 Å². The van der Waals surface area contributed by atoms with E-state index in [0.717, 1.165) is 0 Å². The summed E-state index contributed by atoms with van der Waals surface area (Å²) in [5.41, 5.74) is 0. The summed E-state index contributed by atoms with van der Waals surface area (Å²) in [6, 6.07) is 12.7. The van der Waals surface area contributed by atoms with E-state index < -0.39 is 15.1 Å². The van der Waals surface area contributed by atoms with Crippen LogP contribution in [0, 0.1) is 0 Å². The number of carbonyl (C=O) groups is 1. The molecule has 2 aromatic rings. The lowest BCUT2D eigenvalue weighted by molar-refractivity contribution is -0.136. The lowest BCUT2D eigenvalue weighted by Crippen LogP contribution is -2.57. The van der Waals surface area contributed by atoms with Crippen molar-refractivity contribution in [2.45, 2.75) is 10.1 Å². The fourth-order valence-corrected chi connectivity index (χ4v) is 4.33. The molecule has 0 N–H and O–H groups in total. The van der Waals surface area contributed by atoms with Gasteiger partial charge in [-0.15, -0.1) is 0 Å². The van der Waals surface area contributed by atoms with E-state index in [9.17, 15) is 13.2 Å². The maximum absolute atomic E-state index is 12.5. The molecular weight excluding hydrogens is 385 g/mol. The normalized spacial score (nSPS) is 14.9. The highest BCUT2D eigenvalue weighted by molar-refractivity contribution is 7.92. The average molecular weight is 400 g/mol. The second-order valence-electron chi connectivity index (χ2n) is 5.66. The van der Waals surface area contributed by atoms with Crippen molar-refractivity contribution in [1.82, 2.24) is 4.90 Å². The van der Waals surface area contributed by atoms with E-state index in [1.54, 1.807) is 24.3 Å². The van der Waals surface area contributed by atoms with E-state index in [1.165, 1.54) is 29.2 Å². The van der Waals surface area contributed by atoms with Gasteiger partial charge in [-0.3, -0.25) is 4.79 Å². The fraction of sp³-hybridized carbons (Fsp3) is 0.235. The SMILES string of the molecule is O=C(COc1ccc(Cl)cc1)N1CC(S(=O)(=O)c2ccc(Cl)cc2)C1. The molecule has 0 aliphatic carbocycles. The van der Waals surface area contributed by atoms with Gasteiger partial charge in [-0.05, 0) is 48.5 Å². The Labute approximate surface area is 156 Å². The van der Waals surface area contributed by atoms with Gasteiger partial charge in [0.1, 0.15) is 11.0 Å². The first-order valence-electron chi connectivity index (χ1n) is 7.52. The van der Waals surface area contributed by atoms with E-state index >= 15 is 0 Å². The highest BCUT2D eigenvalue weighted by Crippen LogP contribution is 2.25. The van der Waals surface area contributed by atoms with Crippen molar-refractivity contribution in [3.05, 3.63) is 58.6 Å². The molecule has 2 aromatic carbocycles. The van der Waals surface area contributed by atoms with Crippen LogP contribution in [0.5, 0.6) is 5.75 Å². The standard InChI is InChI=1S/C17H15Cl2NO4S/c18-12-1-5-14(6-2-12)24-11-17(21)20-9-16(10-20)25(22,23)15-7-3-13(19)4-8-15/h1-8,16H,9-11H2. The number of ether oxygens (including phenoxy) is 1. The van der Waals surface area contributed by atoms with Crippen LogP contribution in [0.4, 0.5) is 0 Å². The zero-order chi connectivity index (χ0) is 18.0. The van der Waals surface area contributed by atoms with Crippen LogP contribution in [-0.4, -0.2) is 44.2 Å². The number of carbonyl (C=O) groups excluding carboxylic acids is 1. The largest absolute Gasteiger partial charge is 0.484 e. The fourth-order valence-electron chi connectivity index (χ4n) is 2.42. The Bertz CT molecular complexity index is 861. The van der Waals surface area contributed by atoms with Crippen LogP contribution in [-0.2, 0) is 14.6 Å². The summed E-state index contributed by atoms with van der Waals surface area (Å²) in [6.45, 7) is 0.177. The molecule has 1 aliphatic heterocycles. The van der Waals surface area contributed by atoms with Crippen molar-refractivity contribution >= 4 is 38.9 Å². The molecular formula is C17H15Cl2NO4S. The van der Waals surface area contributed by atoms with Crippen LogP contribution in [0.25, 0.3) is 0 Å². The number of halogens is 2. The Balaban J connectivity index is 1.53.